The van der Waals surface area contributed by atoms with Crippen molar-refractivity contribution in [1.29, 1.82) is 0 Å². The molecule has 0 aliphatic rings. The summed E-state index contributed by atoms with van der Waals surface area (Å²) in [6, 6.07) is 11.6. The van der Waals surface area contributed by atoms with Gasteiger partial charge in [0, 0.05) is 0 Å². The van der Waals surface area contributed by atoms with Gasteiger partial charge in [-0.15, -0.1) is 0 Å². The number of phenols is 1. The van der Waals surface area contributed by atoms with Gasteiger partial charge >= 0.3 is 0 Å². The first-order chi connectivity index (χ1) is 10.2. The smallest absolute Gasteiger partial charge is 0.165 e. The summed E-state index contributed by atoms with van der Waals surface area (Å²) in [6.07, 6.45) is 0. The fourth-order valence-corrected chi connectivity index (χ4v) is 1.75. The molecular weight excluding hydrogens is 276 g/mol. The van der Waals surface area contributed by atoms with Crippen molar-refractivity contribution < 1.29 is 29.8 Å². The number of ether oxygens (including phenoxy) is 1. The molecule has 2 aromatic carbocycles. The van der Waals surface area contributed by atoms with Crippen molar-refractivity contribution in [3.05, 3.63) is 53.6 Å². The Kier molecular flexibility index (Phi) is 5.39. The van der Waals surface area contributed by atoms with Crippen molar-refractivity contribution in [2.45, 2.75) is 13.2 Å². The Morgan fingerprint density at radius 3 is 2.29 bits per heavy atom. The Hall–Kier alpha value is -2.28. The molecule has 2 aromatic rings. The summed E-state index contributed by atoms with van der Waals surface area (Å²) >= 11 is 0. The second-order valence-corrected chi connectivity index (χ2v) is 4.25. The number of phenolic OH excluding ortho intramolecular Hbond substituents is 1. The molecule has 0 spiro atoms. The van der Waals surface area contributed by atoms with Crippen molar-refractivity contribution >= 4 is 0 Å². The van der Waals surface area contributed by atoms with Gasteiger partial charge in [0.1, 0.15) is 24.7 Å². The Bertz CT molecular complexity index is 567. The first-order valence-electron chi connectivity index (χ1n) is 6.23. The molecular formula is C15H16O6. The Morgan fingerprint density at radius 2 is 1.62 bits per heavy atom. The molecule has 0 aliphatic carbocycles. The highest BCUT2D eigenvalue weighted by Gasteiger charge is 2.06. The van der Waals surface area contributed by atoms with Gasteiger partial charge < -0.3 is 14.7 Å². The van der Waals surface area contributed by atoms with Crippen LogP contribution < -0.4 is 9.62 Å². The number of benzene rings is 2. The summed E-state index contributed by atoms with van der Waals surface area (Å²) in [5, 5.41) is 18.0. The number of hydrogen-bond acceptors (Lipinski definition) is 6. The SMILES string of the molecule is COc1ccc(OOCc2cc(O)ccc2COO)cc1. The largest absolute Gasteiger partial charge is 0.508 e. The lowest BCUT2D eigenvalue weighted by Crippen LogP contribution is -2.02. The van der Waals surface area contributed by atoms with Gasteiger partial charge in [-0.1, -0.05) is 6.07 Å². The highest BCUT2D eigenvalue weighted by Crippen LogP contribution is 2.20. The van der Waals surface area contributed by atoms with Crippen LogP contribution in [0.25, 0.3) is 0 Å². The van der Waals surface area contributed by atoms with E-state index < -0.39 is 0 Å². The minimum atomic E-state index is 0.00150. The number of rotatable bonds is 7. The van der Waals surface area contributed by atoms with Gasteiger partial charge in [0.2, 0.25) is 0 Å². The fourth-order valence-electron chi connectivity index (χ4n) is 1.75. The maximum absolute atomic E-state index is 9.47. The van der Waals surface area contributed by atoms with E-state index in [4.69, 9.17) is 19.8 Å². The van der Waals surface area contributed by atoms with Crippen LogP contribution in [-0.2, 0) is 23.0 Å². The van der Waals surface area contributed by atoms with Gasteiger partial charge in [-0.05, 0) is 47.5 Å². The third-order valence-electron chi connectivity index (χ3n) is 2.84. The van der Waals surface area contributed by atoms with Gasteiger partial charge in [-0.25, -0.2) is 4.89 Å². The van der Waals surface area contributed by atoms with Gasteiger partial charge in [-0.3, -0.25) is 5.26 Å². The lowest BCUT2D eigenvalue weighted by atomic mass is 10.1. The van der Waals surface area contributed by atoms with E-state index in [2.05, 4.69) is 4.89 Å². The molecule has 6 heteroatoms. The Balaban J connectivity index is 1.94. The topological polar surface area (TPSA) is 77.4 Å². The molecule has 6 nitrogen and oxygen atoms in total. The predicted octanol–water partition coefficient (Wildman–Crippen LogP) is 2.90. The molecule has 0 saturated heterocycles. The lowest BCUT2D eigenvalue weighted by Gasteiger charge is -2.10. The summed E-state index contributed by atoms with van der Waals surface area (Å²) in [5.41, 5.74) is 1.34. The maximum atomic E-state index is 9.47. The molecule has 0 radical (unpaired) electrons. The highest BCUT2D eigenvalue weighted by atomic mass is 17.2. The van der Waals surface area contributed by atoms with Crippen LogP contribution in [0.1, 0.15) is 11.1 Å². The van der Waals surface area contributed by atoms with Crippen LogP contribution in [0.3, 0.4) is 0 Å². The van der Waals surface area contributed by atoms with E-state index >= 15 is 0 Å². The molecule has 0 atom stereocenters. The molecule has 0 aliphatic heterocycles. The van der Waals surface area contributed by atoms with E-state index in [1.807, 2.05) is 0 Å². The van der Waals surface area contributed by atoms with Crippen LogP contribution in [0.15, 0.2) is 42.5 Å². The van der Waals surface area contributed by atoms with Gasteiger partial charge in [0.15, 0.2) is 5.75 Å². The molecule has 0 bridgehead atoms. The molecule has 2 rings (SSSR count). The average Bonchev–Trinajstić information content (AvgIpc) is 2.51. The van der Waals surface area contributed by atoms with Gasteiger partial charge in [-0.2, -0.15) is 4.89 Å². The van der Waals surface area contributed by atoms with E-state index in [0.29, 0.717) is 16.9 Å². The van der Waals surface area contributed by atoms with Crippen LogP contribution in [-0.4, -0.2) is 17.5 Å². The molecule has 21 heavy (non-hydrogen) atoms. The van der Waals surface area contributed by atoms with Crippen LogP contribution in [0.5, 0.6) is 17.2 Å². The van der Waals surface area contributed by atoms with Crippen molar-refractivity contribution in [1.82, 2.24) is 0 Å². The first kappa shape index (κ1) is 15.1. The fraction of sp³-hybridized carbons (Fsp3) is 0.200. The minimum absolute atomic E-state index is 0.00150. The zero-order valence-electron chi connectivity index (χ0n) is 11.5. The summed E-state index contributed by atoms with van der Waals surface area (Å²) in [4.78, 5) is 14.4. The molecule has 2 N–H and O–H groups in total. The standard InChI is InChI=1S/C15H16O6/c1-18-14-4-6-15(7-5-14)21-20-10-12-8-13(16)3-2-11(12)9-19-17/h2-8,16-17H,9-10H2,1H3. The van der Waals surface area contributed by atoms with E-state index in [1.165, 1.54) is 12.1 Å². The zero-order chi connectivity index (χ0) is 15.1. The molecule has 0 unspecified atom stereocenters. The van der Waals surface area contributed by atoms with Crippen LogP contribution >= 0.6 is 0 Å². The van der Waals surface area contributed by atoms with Gasteiger partial charge in [0.05, 0.1) is 7.11 Å². The Labute approximate surface area is 121 Å². The van der Waals surface area contributed by atoms with Crippen molar-refractivity contribution in [3.63, 3.8) is 0 Å². The molecule has 0 aromatic heterocycles. The number of methoxy groups -OCH3 is 1. The quantitative estimate of drug-likeness (QED) is 0.603. The monoisotopic (exact) mass is 292 g/mol. The van der Waals surface area contributed by atoms with Crippen LogP contribution in [0.4, 0.5) is 0 Å². The molecule has 0 heterocycles. The predicted molar refractivity (Wildman–Crippen MR) is 73.9 cm³/mol. The van der Waals surface area contributed by atoms with Crippen LogP contribution in [0.2, 0.25) is 0 Å². The molecule has 0 saturated carbocycles. The van der Waals surface area contributed by atoms with E-state index in [0.717, 1.165) is 5.75 Å². The van der Waals surface area contributed by atoms with Crippen molar-refractivity contribution in [3.8, 4) is 17.2 Å². The third-order valence-corrected chi connectivity index (χ3v) is 2.84. The average molecular weight is 292 g/mol. The van der Waals surface area contributed by atoms with E-state index in [-0.39, 0.29) is 19.0 Å². The van der Waals surface area contributed by atoms with E-state index in [1.54, 1.807) is 37.4 Å². The Morgan fingerprint density at radius 1 is 0.905 bits per heavy atom. The summed E-state index contributed by atoms with van der Waals surface area (Å²) in [5.74, 6) is 1.34. The number of hydrogen-bond donors (Lipinski definition) is 2. The van der Waals surface area contributed by atoms with Crippen molar-refractivity contribution in [2.24, 2.45) is 0 Å². The molecule has 0 amide bonds. The van der Waals surface area contributed by atoms with E-state index in [9.17, 15) is 5.11 Å². The second kappa shape index (κ2) is 7.49. The maximum Gasteiger partial charge on any atom is 0.165 e. The number of aromatic hydroxyl groups is 1. The second-order valence-electron chi connectivity index (χ2n) is 4.25. The zero-order valence-corrected chi connectivity index (χ0v) is 11.5. The van der Waals surface area contributed by atoms with Crippen LogP contribution in [0, 0.1) is 0 Å². The molecule has 112 valence electrons. The summed E-state index contributed by atoms with van der Waals surface area (Å²) < 4.78 is 5.04. The summed E-state index contributed by atoms with van der Waals surface area (Å²) in [7, 11) is 1.58. The normalized spacial score (nSPS) is 10.4. The highest BCUT2D eigenvalue weighted by molar-refractivity contribution is 5.34. The minimum Gasteiger partial charge on any atom is -0.508 e. The van der Waals surface area contributed by atoms with Gasteiger partial charge in [0.25, 0.3) is 0 Å². The first-order valence-corrected chi connectivity index (χ1v) is 6.23. The third kappa shape index (κ3) is 4.35. The summed E-state index contributed by atoms with van der Waals surface area (Å²) in [6.45, 7) is 0.0978. The molecule has 0 fully saturated rings. The lowest BCUT2D eigenvalue weighted by molar-refractivity contribution is -0.253. The van der Waals surface area contributed by atoms with Crippen molar-refractivity contribution in [2.75, 3.05) is 7.11 Å².